The van der Waals surface area contributed by atoms with Crippen molar-refractivity contribution in [3.8, 4) is 21.9 Å². The predicted molar refractivity (Wildman–Crippen MR) is 110 cm³/mol. The molecule has 140 valence electrons. The molecule has 5 nitrogen and oxygen atoms in total. The van der Waals surface area contributed by atoms with Gasteiger partial charge in [0.1, 0.15) is 22.2 Å². The molecule has 3 rings (SSSR count). The third-order valence-electron chi connectivity index (χ3n) is 3.97. The molecule has 0 aliphatic rings. The number of ketones is 1. The van der Waals surface area contributed by atoms with E-state index in [1.54, 1.807) is 12.3 Å². The van der Waals surface area contributed by atoms with Crippen LogP contribution < -0.4 is 9.47 Å². The summed E-state index contributed by atoms with van der Waals surface area (Å²) in [5.41, 5.74) is 0.626. The minimum atomic E-state index is -0.0346. The minimum absolute atomic E-state index is 0.0346. The fraction of sp³-hybridized carbons (Fsp3) is 0.211. The maximum Gasteiger partial charge on any atom is 0.155 e. The van der Waals surface area contributed by atoms with Gasteiger partial charge in [0.15, 0.2) is 5.78 Å². The fourth-order valence-electron chi connectivity index (χ4n) is 2.55. The lowest BCUT2D eigenvalue weighted by Crippen LogP contribution is -1.99. The second kappa shape index (κ2) is 8.25. The van der Waals surface area contributed by atoms with E-state index in [1.165, 1.54) is 31.6 Å². The molecule has 3 aromatic rings. The molecule has 0 bridgehead atoms. The van der Waals surface area contributed by atoms with E-state index in [0.717, 1.165) is 15.1 Å². The van der Waals surface area contributed by atoms with Crippen LogP contribution in [-0.4, -0.2) is 30.0 Å². The number of rotatable bonds is 7. The van der Waals surface area contributed by atoms with Gasteiger partial charge in [0.25, 0.3) is 0 Å². The van der Waals surface area contributed by atoms with Gasteiger partial charge in [-0.25, -0.2) is 9.97 Å². The van der Waals surface area contributed by atoms with Crippen LogP contribution in [0.3, 0.4) is 0 Å². The average molecular weight is 423 g/mol. The van der Waals surface area contributed by atoms with Gasteiger partial charge in [-0.1, -0.05) is 29.8 Å². The Labute approximate surface area is 170 Å². The number of carbonyl (C=O) groups is 1. The van der Waals surface area contributed by atoms with Crippen LogP contribution >= 0.6 is 34.5 Å². The molecule has 0 saturated heterocycles. The zero-order valence-electron chi connectivity index (χ0n) is 14.7. The first-order valence-corrected chi connectivity index (χ1v) is 9.56. The maximum absolute atomic E-state index is 11.4. The summed E-state index contributed by atoms with van der Waals surface area (Å²) in [6, 6.07) is 3.57. The molecule has 27 heavy (non-hydrogen) atoms. The fourth-order valence-corrected chi connectivity index (χ4v) is 4.45. The number of nitrogens with zero attached hydrogens (tertiary/aromatic N) is 2. The van der Waals surface area contributed by atoms with E-state index in [2.05, 4.69) is 16.5 Å². The molecule has 0 N–H and O–H groups in total. The summed E-state index contributed by atoms with van der Waals surface area (Å²) in [6.45, 7) is 3.47. The standard InChI is InChI=1S/C19H16Cl2N2O3S/c1-4-11(24)5-6-15-22-9-10-7-14(27-19(10)23-15)16-17(20)12(25-2)8-13(26-3)18(16)21/h4,7-9H,1,5-6H2,2-3H3. The molecule has 0 spiro atoms. The van der Waals surface area contributed by atoms with Crippen LogP contribution in [0.15, 0.2) is 31.0 Å². The molecule has 0 unspecified atom stereocenters. The molecule has 0 atom stereocenters. The molecular formula is C19H16Cl2N2O3S. The summed E-state index contributed by atoms with van der Waals surface area (Å²) in [5.74, 6) is 1.51. The Balaban J connectivity index is 2.05. The number of halogens is 2. The minimum Gasteiger partial charge on any atom is -0.495 e. The SMILES string of the molecule is C=CC(=O)CCc1ncc2cc(-c3c(Cl)c(OC)cc(OC)c3Cl)sc2n1. The van der Waals surface area contributed by atoms with Crippen molar-refractivity contribution in [3.63, 3.8) is 0 Å². The Kier molecular flexibility index (Phi) is 5.99. The Morgan fingerprint density at radius 2 is 1.89 bits per heavy atom. The first kappa shape index (κ1) is 19.6. The summed E-state index contributed by atoms with van der Waals surface area (Å²) in [6.07, 6.45) is 3.83. The lowest BCUT2D eigenvalue weighted by atomic mass is 10.1. The van der Waals surface area contributed by atoms with Crippen molar-refractivity contribution >= 4 is 50.5 Å². The van der Waals surface area contributed by atoms with Crippen LogP contribution in [0, 0.1) is 0 Å². The topological polar surface area (TPSA) is 61.3 Å². The second-order valence-electron chi connectivity index (χ2n) is 5.61. The lowest BCUT2D eigenvalue weighted by molar-refractivity contribution is -0.114. The second-order valence-corrected chi connectivity index (χ2v) is 7.40. The van der Waals surface area contributed by atoms with Crippen molar-refractivity contribution in [3.05, 3.63) is 46.9 Å². The molecule has 0 fully saturated rings. The number of benzene rings is 1. The van der Waals surface area contributed by atoms with Gasteiger partial charge in [-0.2, -0.15) is 0 Å². The van der Waals surface area contributed by atoms with Crippen molar-refractivity contribution in [2.45, 2.75) is 12.8 Å². The van der Waals surface area contributed by atoms with E-state index < -0.39 is 0 Å². The Morgan fingerprint density at radius 3 is 2.48 bits per heavy atom. The zero-order valence-corrected chi connectivity index (χ0v) is 17.0. The lowest BCUT2D eigenvalue weighted by Gasteiger charge is -2.13. The van der Waals surface area contributed by atoms with E-state index in [4.69, 9.17) is 32.7 Å². The van der Waals surface area contributed by atoms with Gasteiger partial charge >= 0.3 is 0 Å². The average Bonchev–Trinajstić information content (AvgIpc) is 3.09. The number of hydrogen-bond acceptors (Lipinski definition) is 6. The van der Waals surface area contributed by atoms with Crippen LogP contribution in [0.25, 0.3) is 20.7 Å². The number of aryl methyl sites for hydroxylation is 1. The number of ether oxygens (including phenoxy) is 2. The molecule has 0 saturated carbocycles. The molecular weight excluding hydrogens is 407 g/mol. The highest BCUT2D eigenvalue weighted by Gasteiger charge is 2.20. The van der Waals surface area contributed by atoms with Crippen molar-refractivity contribution in [1.82, 2.24) is 9.97 Å². The largest absolute Gasteiger partial charge is 0.495 e. The summed E-state index contributed by atoms with van der Waals surface area (Å²) in [7, 11) is 3.07. The number of aromatic nitrogens is 2. The summed E-state index contributed by atoms with van der Waals surface area (Å²) in [5, 5.41) is 1.67. The van der Waals surface area contributed by atoms with Crippen LogP contribution in [0.4, 0.5) is 0 Å². The monoisotopic (exact) mass is 422 g/mol. The Bertz CT molecular complexity index is 1010. The number of carbonyl (C=O) groups excluding carboxylic acids is 1. The molecule has 8 heteroatoms. The van der Waals surface area contributed by atoms with E-state index in [-0.39, 0.29) is 5.78 Å². The maximum atomic E-state index is 11.4. The Morgan fingerprint density at radius 1 is 1.22 bits per heavy atom. The van der Waals surface area contributed by atoms with Gasteiger partial charge in [0.2, 0.25) is 0 Å². The summed E-state index contributed by atoms with van der Waals surface area (Å²) < 4.78 is 10.7. The quantitative estimate of drug-likeness (QED) is 0.478. The molecule has 2 aromatic heterocycles. The number of fused-ring (bicyclic) bond motifs is 1. The van der Waals surface area contributed by atoms with Gasteiger partial charge < -0.3 is 9.47 Å². The summed E-state index contributed by atoms with van der Waals surface area (Å²) in [4.78, 5) is 21.9. The summed E-state index contributed by atoms with van der Waals surface area (Å²) >= 11 is 14.4. The number of methoxy groups -OCH3 is 2. The normalized spacial score (nSPS) is 10.8. The highest BCUT2D eigenvalue weighted by molar-refractivity contribution is 7.22. The van der Waals surface area contributed by atoms with E-state index in [1.807, 2.05) is 6.07 Å². The third-order valence-corrected chi connectivity index (χ3v) is 5.78. The third kappa shape index (κ3) is 3.93. The van der Waals surface area contributed by atoms with Crippen molar-refractivity contribution in [2.75, 3.05) is 14.2 Å². The number of allylic oxidation sites excluding steroid dienone is 1. The Hall–Kier alpha value is -2.15. The smallest absolute Gasteiger partial charge is 0.155 e. The van der Waals surface area contributed by atoms with Crippen molar-refractivity contribution in [2.24, 2.45) is 0 Å². The first-order valence-electron chi connectivity index (χ1n) is 7.99. The number of hydrogen-bond donors (Lipinski definition) is 0. The van der Waals surface area contributed by atoms with Crippen LogP contribution in [0.1, 0.15) is 12.2 Å². The van der Waals surface area contributed by atoms with Gasteiger partial charge in [-0.15, -0.1) is 11.3 Å². The van der Waals surface area contributed by atoms with Gasteiger partial charge in [0, 0.05) is 40.9 Å². The molecule has 0 radical (unpaired) electrons. The van der Waals surface area contributed by atoms with Gasteiger partial charge in [-0.05, 0) is 12.1 Å². The highest BCUT2D eigenvalue weighted by Crippen LogP contribution is 2.48. The van der Waals surface area contributed by atoms with Crippen LogP contribution in [0.2, 0.25) is 10.0 Å². The van der Waals surface area contributed by atoms with E-state index in [9.17, 15) is 4.79 Å². The van der Waals surface area contributed by atoms with Gasteiger partial charge in [-0.3, -0.25) is 4.79 Å². The first-order chi connectivity index (χ1) is 13.0. The van der Waals surface area contributed by atoms with Gasteiger partial charge in [0.05, 0.1) is 24.3 Å². The molecule has 1 aromatic carbocycles. The highest BCUT2D eigenvalue weighted by atomic mass is 35.5. The van der Waals surface area contributed by atoms with Crippen LogP contribution in [-0.2, 0) is 11.2 Å². The molecule has 0 aliphatic carbocycles. The number of thiophene rings is 1. The predicted octanol–water partition coefficient (Wildman–Crippen LogP) is 5.37. The molecule has 2 heterocycles. The van der Waals surface area contributed by atoms with Crippen molar-refractivity contribution < 1.29 is 14.3 Å². The molecule has 0 aliphatic heterocycles. The van der Waals surface area contributed by atoms with Crippen LogP contribution in [0.5, 0.6) is 11.5 Å². The van der Waals surface area contributed by atoms with E-state index >= 15 is 0 Å². The van der Waals surface area contributed by atoms with E-state index in [0.29, 0.717) is 45.8 Å². The molecule has 0 amide bonds. The van der Waals surface area contributed by atoms with Crippen molar-refractivity contribution in [1.29, 1.82) is 0 Å². The zero-order chi connectivity index (χ0) is 19.6.